The Bertz CT molecular complexity index is 3770. The second-order valence-electron chi connectivity index (χ2n) is 14.8. The summed E-state index contributed by atoms with van der Waals surface area (Å²) in [5.74, 6) is 0. The van der Waals surface area contributed by atoms with Gasteiger partial charge in [-0.25, -0.2) is 0 Å². The van der Waals surface area contributed by atoms with Gasteiger partial charge in [-0.3, -0.25) is 0 Å². The number of furan rings is 2. The van der Waals surface area contributed by atoms with Gasteiger partial charge in [0.25, 0.3) is 0 Å². The van der Waals surface area contributed by atoms with Crippen LogP contribution in [-0.2, 0) is 0 Å². The van der Waals surface area contributed by atoms with E-state index in [2.05, 4.69) is 173 Å². The highest BCUT2D eigenvalue weighted by Crippen LogP contribution is 2.44. The molecule has 260 valence electrons. The minimum atomic E-state index is 0.859. The van der Waals surface area contributed by atoms with Crippen molar-refractivity contribution < 1.29 is 8.83 Å². The molecule has 13 aromatic rings. The Balaban J connectivity index is 1.08. The number of para-hydroxylation sites is 4. The first-order valence-corrected chi connectivity index (χ1v) is 19.1. The summed E-state index contributed by atoms with van der Waals surface area (Å²) >= 11 is 0. The van der Waals surface area contributed by atoms with Gasteiger partial charge in [0.1, 0.15) is 11.2 Å². The van der Waals surface area contributed by atoms with Gasteiger partial charge in [-0.15, -0.1) is 0 Å². The molecule has 4 heterocycles. The van der Waals surface area contributed by atoms with Crippen molar-refractivity contribution in [3.8, 4) is 22.5 Å². The number of hydrogen-bond donors (Lipinski definition) is 0. The van der Waals surface area contributed by atoms with E-state index in [9.17, 15) is 0 Å². The summed E-state index contributed by atoms with van der Waals surface area (Å²) in [5, 5.41) is 11.6. The molecular formula is C52H30N2O2. The van der Waals surface area contributed by atoms with Gasteiger partial charge in [-0.2, -0.15) is 0 Å². The number of fused-ring (bicyclic) bond motifs is 14. The zero-order valence-electron chi connectivity index (χ0n) is 30.0. The van der Waals surface area contributed by atoms with Crippen LogP contribution in [0.5, 0.6) is 0 Å². The molecule has 4 heteroatoms. The molecule has 0 N–H and O–H groups in total. The molecule has 0 saturated heterocycles. The second-order valence-corrected chi connectivity index (χ2v) is 14.8. The van der Waals surface area contributed by atoms with Crippen LogP contribution in [0.1, 0.15) is 0 Å². The van der Waals surface area contributed by atoms with Crippen LogP contribution in [0.15, 0.2) is 191 Å². The molecule has 13 rings (SSSR count). The fourth-order valence-corrected chi connectivity index (χ4v) is 9.43. The monoisotopic (exact) mass is 714 g/mol. The lowest BCUT2D eigenvalue weighted by Crippen LogP contribution is -1.95. The lowest BCUT2D eigenvalue weighted by molar-refractivity contribution is 0.665. The van der Waals surface area contributed by atoms with E-state index in [1.54, 1.807) is 0 Å². The fourth-order valence-electron chi connectivity index (χ4n) is 9.43. The Morgan fingerprint density at radius 3 is 1.61 bits per heavy atom. The summed E-state index contributed by atoms with van der Waals surface area (Å²) in [4.78, 5) is 0. The van der Waals surface area contributed by atoms with Crippen molar-refractivity contribution in [1.82, 2.24) is 9.13 Å². The van der Waals surface area contributed by atoms with Crippen LogP contribution >= 0.6 is 0 Å². The summed E-state index contributed by atoms with van der Waals surface area (Å²) in [7, 11) is 0. The van der Waals surface area contributed by atoms with E-state index in [1.165, 1.54) is 43.8 Å². The van der Waals surface area contributed by atoms with Gasteiger partial charge in [0, 0.05) is 48.5 Å². The van der Waals surface area contributed by atoms with Gasteiger partial charge in [0.15, 0.2) is 11.2 Å². The summed E-state index contributed by atoms with van der Waals surface area (Å²) in [6.45, 7) is 0. The molecule has 0 atom stereocenters. The standard InChI is InChI=1S/C52H30N2O2/c1-2-13-34-31(11-1)12-9-19-43(34)53-44-18-6-3-14-35(44)41-29-32(23-27-45(41)53)33-24-28-46-42(30-33)38-25-26-40-37-16-5-8-22-49(37)56-52(40)50(38)54(46)47-20-10-17-39-36-15-4-7-21-48(36)55-51(39)47/h1-30H. The van der Waals surface area contributed by atoms with Gasteiger partial charge < -0.3 is 18.0 Å². The molecule has 0 spiro atoms. The van der Waals surface area contributed by atoms with Gasteiger partial charge in [0.05, 0.1) is 33.4 Å². The molecular weight excluding hydrogens is 685 g/mol. The second kappa shape index (κ2) is 11.0. The van der Waals surface area contributed by atoms with E-state index in [-0.39, 0.29) is 0 Å². The maximum absolute atomic E-state index is 6.74. The number of hydrogen-bond acceptors (Lipinski definition) is 2. The van der Waals surface area contributed by atoms with Crippen molar-refractivity contribution in [2.75, 3.05) is 0 Å². The molecule has 56 heavy (non-hydrogen) atoms. The number of aromatic nitrogens is 2. The van der Waals surface area contributed by atoms with Gasteiger partial charge >= 0.3 is 0 Å². The highest BCUT2D eigenvalue weighted by atomic mass is 16.3. The van der Waals surface area contributed by atoms with Crippen LogP contribution in [0, 0.1) is 0 Å². The minimum absolute atomic E-state index is 0.859. The number of benzene rings is 9. The van der Waals surface area contributed by atoms with Crippen molar-refractivity contribution in [1.29, 1.82) is 0 Å². The summed E-state index contributed by atoms with van der Waals surface area (Å²) in [6, 6.07) is 65.3. The van der Waals surface area contributed by atoms with Crippen molar-refractivity contribution in [2.24, 2.45) is 0 Å². The lowest BCUT2D eigenvalue weighted by atomic mass is 10.0. The van der Waals surface area contributed by atoms with E-state index in [1.807, 2.05) is 18.2 Å². The van der Waals surface area contributed by atoms with E-state index in [0.29, 0.717) is 0 Å². The first kappa shape index (κ1) is 29.8. The Labute approximate surface area is 319 Å². The maximum atomic E-state index is 6.74. The van der Waals surface area contributed by atoms with Crippen LogP contribution in [0.2, 0.25) is 0 Å². The van der Waals surface area contributed by atoms with Gasteiger partial charge in [0.2, 0.25) is 0 Å². The van der Waals surface area contributed by atoms with E-state index in [0.717, 1.165) is 76.9 Å². The van der Waals surface area contributed by atoms with Crippen molar-refractivity contribution >= 4 is 98.3 Å². The maximum Gasteiger partial charge on any atom is 0.160 e. The van der Waals surface area contributed by atoms with Crippen LogP contribution in [0.4, 0.5) is 0 Å². The molecule has 0 aliphatic carbocycles. The SMILES string of the molecule is c1ccc2c(-n3c4ccccc4c4cc(-c5ccc6c(c5)c5ccc7c8ccccc8oc7c5n6-c5cccc6c5oc5ccccc56)ccc43)cccc2c1. The Morgan fingerprint density at radius 1 is 0.304 bits per heavy atom. The molecule has 0 aliphatic heterocycles. The largest absolute Gasteiger partial charge is 0.454 e. The first-order valence-electron chi connectivity index (χ1n) is 19.1. The zero-order chi connectivity index (χ0) is 36.5. The molecule has 0 bridgehead atoms. The van der Waals surface area contributed by atoms with Crippen molar-refractivity contribution in [2.45, 2.75) is 0 Å². The predicted molar refractivity (Wildman–Crippen MR) is 233 cm³/mol. The number of rotatable bonds is 3. The predicted octanol–water partition coefficient (Wildman–Crippen LogP) is 14.5. The molecule has 0 saturated carbocycles. The van der Waals surface area contributed by atoms with Crippen LogP contribution in [0.3, 0.4) is 0 Å². The van der Waals surface area contributed by atoms with E-state index >= 15 is 0 Å². The number of nitrogens with zero attached hydrogens (tertiary/aromatic N) is 2. The highest BCUT2D eigenvalue weighted by Gasteiger charge is 2.23. The van der Waals surface area contributed by atoms with Gasteiger partial charge in [-0.1, -0.05) is 121 Å². The van der Waals surface area contributed by atoms with Crippen molar-refractivity contribution in [3.63, 3.8) is 0 Å². The Hall–Kier alpha value is -7.56. The topological polar surface area (TPSA) is 36.1 Å². The van der Waals surface area contributed by atoms with Crippen LogP contribution in [-0.4, -0.2) is 9.13 Å². The summed E-state index contributed by atoms with van der Waals surface area (Å²) in [5.41, 5.74) is 12.5. The highest BCUT2D eigenvalue weighted by molar-refractivity contribution is 6.23. The summed E-state index contributed by atoms with van der Waals surface area (Å²) in [6.07, 6.45) is 0. The molecule has 0 fully saturated rings. The molecule has 4 aromatic heterocycles. The van der Waals surface area contributed by atoms with Crippen LogP contribution < -0.4 is 0 Å². The van der Waals surface area contributed by atoms with E-state index in [4.69, 9.17) is 8.83 Å². The quantitative estimate of drug-likeness (QED) is 0.183. The van der Waals surface area contributed by atoms with E-state index < -0.39 is 0 Å². The third-order valence-electron chi connectivity index (χ3n) is 11.9. The normalized spacial score (nSPS) is 12.3. The minimum Gasteiger partial charge on any atom is -0.454 e. The molecule has 0 aliphatic rings. The smallest absolute Gasteiger partial charge is 0.160 e. The Kier molecular flexibility index (Phi) is 5.86. The van der Waals surface area contributed by atoms with Crippen molar-refractivity contribution in [3.05, 3.63) is 182 Å². The fraction of sp³-hybridized carbons (Fsp3) is 0. The average molecular weight is 715 g/mol. The zero-order valence-corrected chi connectivity index (χ0v) is 30.0. The average Bonchev–Trinajstić information content (AvgIpc) is 4.01. The first-order chi connectivity index (χ1) is 27.8. The molecule has 0 unspecified atom stereocenters. The lowest BCUT2D eigenvalue weighted by Gasteiger charge is -2.12. The molecule has 0 amide bonds. The van der Waals surface area contributed by atoms with Crippen LogP contribution in [0.25, 0.3) is 121 Å². The summed E-state index contributed by atoms with van der Waals surface area (Å²) < 4.78 is 18.2. The molecule has 0 radical (unpaired) electrons. The molecule has 4 nitrogen and oxygen atoms in total. The van der Waals surface area contributed by atoms with Gasteiger partial charge in [-0.05, 0) is 77.2 Å². The Morgan fingerprint density at radius 2 is 0.821 bits per heavy atom. The molecule has 9 aromatic carbocycles. The third-order valence-corrected chi connectivity index (χ3v) is 11.9. The third kappa shape index (κ3) is 3.97.